The van der Waals surface area contributed by atoms with Gasteiger partial charge in [-0.1, -0.05) is 6.07 Å². The summed E-state index contributed by atoms with van der Waals surface area (Å²) >= 11 is 0. The van der Waals surface area contributed by atoms with Gasteiger partial charge in [0.25, 0.3) is 0 Å². The summed E-state index contributed by atoms with van der Waals surface area (Å²) in [5.41, 5.74) is 2.10. The van der Waals surface area contributed by atoms with Gasteiger partial charge >= 0.3 is 0 Å². The maximum atomic E-state index is 4.50. The zero-order chi connectivity index (χ0) is 11.5. The number of aryl methyl sites for hydroxylation is 2. The van der Waals surface area contributed by atoms with Gasteiger partial charge in [-0.3, -0.25) is 0 Å². The molecule has 4 heteroatoms. The van der Waals surface area contributed by atoms with Crippen LogP contribution in [-0.4, -0.2) is 21.3 Å². The molecule has 2 aromatic heterocycles. The van der Waals surface area contributed by atoms with Crippen LogP contribution in [0.4, 0.5) is 5.82 Å². The second-order valence-corrected chi connectivity index (χ2v) is 3.75. The Balaban J connectivity index is 2.40. The molecule has 2 heterocycles. The summed E-state index contributed by atoms with van der Waals surface area (Å²) in [6.07, 6.45) is 0. The van der Waals surface area contributed by atoms with Gasteiger partial charge < -0.3 is 5.32 Å². The van der Waals surface area contributed by atoms with E-state index in [1.807, 2.05) is 42.8 Å². The van der Waals surface area contributed by atoms with E-state index in [9.17, 15) is 0 Å². The molecule has 0 radical (unpaired) electrons. The van der Waals surface area contributed by atoms with Crippen LogP contribution in [0.15, 0.2) is 24.3 Å². The van der Waals surface area contributed by atoms with Crippen LogP contribution >= 0.6 is 0 Å². The minimum absolute atomic E-state index is 0.851. The van der Waals surface area contributed by atoms with Crippen molar-refractivity contribution in [3.05, 3.63) is 35.7 Å². The molecule has 0 unspecified atom stereocenters. The van der Waals surface area contributed by atoms with E-state index >= 15 is 0 Å². The van der Waals surface area contributed by atoms with Gasteiger partial charge in [0.2, 0.25) is 0 Å². The van der Waals surface area contributed by atoms with Gasteiger partial charge in [-0.25, -0.2) is 9.67 Å². The lowest BCUT2D eigenvalue weighted by molar-refractivity contribution is 0.806. The molecule has 0 atom stereocenters. The molecule has 1 N–H and O–H groups in total. The van der Waals surface area contributed by atoms with Crippen molar-refractivity contribution in [1.29, 1.82) is 0 Å². The van der Waals surface area contributed by atoms with Gasteiger partial charge in [0.1, 0.15) is 5.82 Å². The van der Waals surface area contributed by atoms with E-state index in [2.05, 4.69) is 22.3 Å². The molecule has 0 fully saturated rings. The predicted molar refractivity (Wildman–Crippen MR) is 65.0 cm³/mol. The average molecular weight is 216 g/mol. The summed E-state index contributed by atoms with van der Waals surface area (Å²) in [4.78, 5) is 4.50. The molecule has 0 bridgehead atoms. The molecule has 0 spiro atoms. The SMILES string of the molecule is CCNc1cccc(-n2nc(C)cc2C)n1. The van der Waals surface area contributed by atoms with E-state index in [1.165, 1.54) is 0 Å². The molecular formula is C12H16N4. The van der Waals surface area contributed by atoms with Gasteiger partial charge in [-0.15, -0.1) is 0 Å². The van der Waals surface area contributed by atoms with Crippen LogP contribution in [0.25, 0.3) is 5.82 Å². The Hall–Kier alpha value is -1.84. The third-order valence-corrected chi connectivity index (χ3v) is 2.32. The van der Waals surface area contributed by atoms with Crippen LogP contribution in [0.1, 0.15) is 18.3 Å². The quantitative estimate of drug-likeness (QED) is 0.856. The summed E-state index contributed by atoms with van der Waals surface area (Å²) in [6.45, 7) is 6.93. The molecular weight excluding hydrogens is 200 g/mol. The molecule has 84 valence electrons. The second kappa shape index (κ2) is 4.35. The minimum atomic E-state index is 0.851. The van der Waals surface area contributed by atoms with Crippen molar-refractivity contribution in [3.8, 4) is 5.82 Å². The number of pyridine rings is 1. The molecule has 0 aromatic carbocycles. The number of rotatable bonds is 3. The van der Waals surface area contributed by atoms with Crippen LogP contribution in [0.3, 0.4) is 0 Å². The van der Waals surface area contributed by atoms with E-state index < -0.39 is 0 Å². The Kier molecular flexibility index (Phi) is 2.90. The highest BCUT2D eigenvalue weighted by Crippen LogP contribution is 2.12. The highest BCUT2D eigenvalue weighted by atomic mass is 15.3. The van der Waals surface area contributed by atoms with Crippen molar-refractivity contribution in [3.63, 3.8) is 0 Å². The fourth-order valence-corrected chi connectivity index (χ4v) is 1.68. The number of aromatic nitrogens is 3. The van der Waals surface area contributed by atoms with Gasteiger partial charge in [0.15, 0.2) is 5.82 Å². The zero-order valence-electron chi connectivity index (χ0n) is 9.86. The van der Waals surface area contributed by atoms with E-state index in [-0.39, 0.29) is 0 Å². The molecule has 2 rings (SSSR count). The van der Waals surface area contributed by atoms with Crippen LogP contribution in [0.5, 0.6) is 0 Å². The molecule has 0 saturated heterocycles. The first-order valence-electron chi connectivity index (χ1n) is 5.45. The van der Waals surface area contributed by atoms with Crippen molar-refractivity contribution in [1.82, 2.24) is 14.8 Å². The highest BCUT2D eigenvalue weighted by Gasteiger charge is 2.04. The third-order valence-electron chi connectivity index (χ3n) is 2.32. The zero-order valence-corrected chi connectivity index (χ0v) is 9.86. The van der Waals surface area contributed by atoms with Crippen molar-refractivity contribution in [2.24, 2.45) is 0 Å². The summed E-state index contributed by atoms with van der Waals surface area (Å²) < 4.78 is 1.86. The van der Waals surface area contributed by atoms with Crippen LogP contribution in [0.2, 0.25) is 0 Å². The maximum absolute atomic E-state index is 4.50. The van der Waals surface area contributed by atoms with Crippen molar-refractivity contribution >= 4 is 5.82 Å². The molecule has 0 saturated carbocycles. The largest absolute Gasteiger partial charge is 0.370 e. The molecule has 16 heavy (non-hydrogen) atoms. The lowest BCUT2D eigenvalue weighted by atomic mass is 10.4. The molecule has 2 aromatic rings. The number of anilines is 1. The summed E-state index contributed by atoms with van der Waals surface area (Å²) in [6, 6.07) is 7.94. The third kappa shape index (κ3) is 2.05. The number of hydrogen-bond acceptors (Lipinski definition) is 3. The monoisotopic (exact) mass is 216 g/mol. The number of nitrogens with one attached hydrogen (secondary N) is 1. The van der Waals surface area contributed by atoms with E-state index in [0.717, 1.165) is 29.6 Å². The van der Waals surface area contributed by atoms with E-state index in [0.29, 0.717) is 0 Å². The Morgan fingerprint density at radius 1 is 1.31 bits per heavy atom. The fraction of sp³-hybridized carbons (Fsp3) is 0.333. The van der Waals surface area contributed by atoms with Crippen molar-refractivity contribution in [2.45, 2.75) is 20.8 Å². The van der Waals surface area contributed by atoms with Crippen LogP contribution in [-0.2, 0) is 0 Å². The number of hydrogen-bond donors (Lipinski definition) is 1. The Labute approximate surface area is 95.3 Å². The van der Waals surface area contributed by atoms with Crippen LogP contribution in [0, 0.1) is 13.8 Å². The van der Waals surface area contributed by atoms with Gasteiger partial charge in [-0.2, -0.15) is 5.10 Å². The molecule has 0 aliphatic carbocycles. The Morgan fingerprint density at radius 3 is 2.75 bits per heavy atom. The minimum Gasteiger partial charge on any atom is -0.370 e. The molecule has 0 aliphatic heterocycles. The van der Waals surface area contributed by atoms with Gasteiger partial charge in [0.05, 0.1) is 5.69 Å². The fourth-order valence-electron chi connectivity index (χ4n) is 1.68. The Morgan fingerprint density at radius 2 is 2.12 bits per heavy atom. The predicted octanol–water partition coefficient (Wildman–Crippen LogP) is 2.32. The summed E-state index contributed by atoms with van der Waals surface area (Å²) in [5.74, 6) is 1.73. The smallest absolute Gasteiger partial charge is 0.156 e. The molecule has 0 amide bonds. The van der Waals surface area contributed by atoms with E-state index in [4.69, 9.17) is 0 Å². The van der Waals surface area contributed by atoms with Gasteiger partial charge in [0, 0.05) is 12.2 Å². The summed E-state index contributed by atoms with van der Waals surface area (Å²) in [5, 5.41) is 7.60. The first kappa shape index (κ1) is 10.7. The van der Waals surface area contributed by atoms with Crippen molar-refractivity contribution < 1.29 is 0 Å². The topological polar surface area (TPSA) is 42.7 Å². The highest BCUT2D eigenvalue weighted by molar-refractivity contribution is 5.40. The van der Waals surface area contributed by atoms with E-state index in [1.54, 1.807) is 0 Å². The standard InChI is InChI=1S/C12H16N4/c1-4-13-11-6-5-7-12(14-11)16-10(3)8-9(2)15-16/h5-8H,4H2,1-3H3,(H,13,14). The van der Waals surface area contributed by atoms with Crippen LogP contribution < -0.4 is 5.32 Å². The Bertz CT molecular complexity index is 488. The average Bonchev–Trinajstić information content (AvgIpc) is 2.59. The normalized spacial score (nSPS) is 10.4. The first-order chi connectivity index (χ1) is 7.70. The second-order valence-electron chi connectivity index (χ2n) is 3.75. The first-order valence-corrected chi connectivity index (χ1v) is 5.45. The maximum Gasteiger partial charge on any atom is 0.156 e. The van der Waals surface area contributed by atoms with Crippen molar-refractivity contribution in [2.75, 3.05) is 11.9 Å². The lowest BCUT2D eigenvalue weighted by Gasteiger charge is -2.06. The molecule has 4 nitrogen and oxygen atoms in total. The summed E-state index contributed by atoms with van der Waals surface area (Å²) in [7, 11) is 0. The van der Waals surface area contributed by atoms with Gasteiger partial charge in [-0.05, 0) is 39.0 Å². The number of nitrogens with zero attached hydrogens (tertiary/aromatic N) is 3. The lowest BCUT2D eigenvalue weighted by Crippen LogP contribution is -2.05. The molecule has 0 aliphatic rings.